The van der Waals surface area contributed by atoms with Crippen molar-refractivity contribution in [2.75, 3.05) is 13.1 Å². The lowest BCUT2D eigenvalue weighted by atomic mass is 9.78. The molecule has 3 heteroatoms. The van der Waals surface area contributed by atoms with Gasteiger partial charge in [0.25, 0.3) is 0 Å². The van der Waals surface area contributed by atoms with E-state index in [9.17, 15) is 5.11 Å². The third kappa shape index (κ3) is 2.58. The van der Waals surface area contributed by atoms with Crippen molar-refractivity contribution in [3.8, 4) is 0 Å². The normalized spacial score (nSPS) is 27.7. The van der Waals surface area contributed by atoms with E-state index in [1.807, 2.05) is 30.3 Å². The van der Waals surface area contributed by atoms with Crippen molar-refractivity contribution >= 4 is 0 Å². The van der Waals surface area contributed by atoms with E-state index < -0.39 is 5.60 Å². The van der Waals surface area contributed by atoms with Crippen LogP contribution in [0, 0.1) is 5.92 Å². The fourth-order valence-corrected chi connectivity index (χ4v) is 2.92. The van der Waals surface area contributed by atoms with Crippen molar-refractivity contribution in [2.24, 2.45) is 11.7 Å². The fraction of sp³-hybridized carbons (Fsp3) is 0.600. The van der Waals surface area contributed by atoms with Crippen LogP contribution in [0.1, 0.15) is 31.7 Å². The zero-order valence-electron chi connectivity index (χ0n) is 11.1. The summed E-state index contributed by atoms with van der Waals surface area (Å²) in [5.41, 5.74) is 5.84. The van der Waals surface area contributed by atoms with Crippen LogP contribution in [0.4, 0.5) is 0 Å². The Morgan fingerprint density at radius 2 is 2.11 bits per heavy atom. The summed E-state index contributed by atoms with van der Waals surface area (Å²) in [4.78, 5) is 0. The summed E-state index contributed by atoms with van der Waals surface area (Å²) in [5.74, 6) is 0.693. The average Bonchev–Trinajstić information content (AvgIpc) is 2.47. The molecule has 1 aliphatic rings. The van der Waals surface area contributed by atoms with E-state index in [2.05, 4.69) is 12.2 Å². The molecule has 2 rings (SSSR count). The summed E-state index contributed by atoms with van der Waals surface area (Å²) >= 11 is 0. The summed E-state index contributed by atoms with van der Waals surface area (Å²) < 4.78 is 0. The standard InChI is InChI=1S/C15H24N2O/c1-2-12-8-9-17-14(10-12)15(18,11-16)13-6-4-3-5-7-13/h3-7,12,14,17-18H,2,8-11,16H2,1H3. The molecule has 0 amide bonds. The molecule has 3 nitrogen and oxygen atoms in total. The van der Waals surface area contributed by atoms with E-state index in [-0.39, 0.29) is 12.6 Å². The molecule has 100 valence electrons. The first-order valence-corrected chi connectivity index (χ1v) is 6.92. The summed E-state index contributed by atoms with van der Waals surface area (Å²) in [5, 5.41) is 14.4. The SMILES string of the molecule is CCC1CCNC(C(O)(CN)c2ccccc2)C1. The fourth-order valence-electron chi connectivity index (χ4n) is 2.92. The number of nitrogens with two attached hydrogens (primary N) is 1. The van der Waals surface area contributed by atoms with E-state index in [0.717, 1.165) is 18.5 Å². The number of benzene rings is 1. The highest BCUT2D eigenvalue weighted by Gasteiger charge is 2.39. The van der Waals surface area contributed by atoms with Gasteiger partial charge in [0, 0.05) is 12.6 Å². The van der Waals surface area contributed by atoms with Crippen LogP contribution in [0.15, 0.2) is 30.3 Å². The molecule has 1 saturated heterocycles. The summed E-state index contributed by atoms with van der Waals surface area (Å²) in [6.07, 6.45) is 3.37. The summed E-state index contributed by atoms with van der Waals surface area (Å²) in [6.45, 7) is 3.44. The second-order valence-corrected chi connectivity index (χ2v) is 5.30. The molecule has 0 radical (unpaired) electrons. The molecule has 0 aliphatic carbocycles. The molecule has 0 bridgehead atoms. The highest BCUT2D eigenvalue weighted by Crippen LogP contribution is 2.31. The molecule has 1 aliphatic heterocycles. The minimum Gasteiger partial charge on any atom is -0.382 e. The van der Waals surface area contributed by atoms with Crippen LogP contribution >= 0.6 is 0 Å². The number of rotatable bonds is 4. The van der Waals surface area contributed by atoms with Crippen LogP contribution in [-0.2, 0) is 5.60 Å². The van der Waals surface area contributed by atoms with Gasteiger partial charge in [-0.2, -0.15) is 0 Å². The molecule has 0 saturated carbocycles. The van der Waals surface area contributed by atoms with Crippen LogP contribution in [0.2, 0.25) is 0 Å². The number of hydrogen-bond donors (Lipinski definition) is 3. The predicted molar refractivity (Wildman–Crippen MR) is 74.2 cm³/mol. The molecule has 1 aromatic rings. The van der Waals surface area contributed by atoms with Gasteiger partial charge in [-0.3, -0.25) is 0 Å². The maximum atomic E-state index is 10.9. The highest BCUT2D eigenvalue weighted by molar-refractivity contribution is 5.25. The Bertz CT molecular complexity index is 368. The number of aliphatic hydroxyl groups is 1. The molecule has 3 unspecified atom stereocenters. The van der Waals surface area contributed by atoms with Crippen molar-refractivity contribution in [2.45, 2.75) is 37.8 Å². The second kappa shape index (κ2) is 5.83. The van der Waals surface area contributed by atoms with Gasteiger partial charge >= 0.3 is 0 Å². The lowest BCUT2D eigenvalue weighted by molar-refractivity contribution is -0.0120. The average molecular weight is 248 g/mol. The van der Waals surface area contributed by atoms with Crippen LogP contribution in [0.25, 0.3) is 0 Å². The minimum atomic E-state index is -0.949. The number of hydrogen-bond acceptors (Lipinski definition) is 3. The lowest BCUT2D eigenvalue weighted by Gasteiger charge is -2.41. The first-order valence-electron chi connectivity index (χ1n) is 6.92. The minimum absolute atomic E-state index is 0.0589. The van der Waals surface area contributed by atoms with Gasteiger partial charge in [0.05, 0.1) is 0 Å². The Hall–Kier alpha value is -0.900. The lowest BCUT2D eigenvalue weighted by Crippen LogP contribution is -2.56. The van der Waals surface area contributed by atoms with Gasteiger partial charge in [-0.05, 0) is 30.9 Å². The van der Waals surface area contributed by atoms with Gasteiger partial charge in [0.2, 0.25) is 0 Å². The van der Waals surface area contributed by atoms with Crippen LogP contribution in [-0.4, -0.2) is 24.2 Å². The molecular formula is C15H24N2O. The molecule has 1 heterocycles. The topological polar surface area (TPSA) is 58.3 Å². The zero-order valence-corrected chi connectivity index (χ0v) is 11.1. The Labute approximate surface area is 109 Å². The summed E-state index contributed by atoms with van der Waals surface area (Å²) in [6, 6.07) is 9.85. The van der Waals surface area contributed by atoms with E-state index in [0.29, 0.717) is 5.92 Å². The van der Waals surface area contributed by atoms with Crippen LogP contribution in [0.3, 0.4) is 0 Å². The Morgan fingerprint density at radius 3 is 2.72 bits per heavy atom. The molecule has 3 atom stereocenters. The van der Waals surface area contributed by atoms with Gasteiger partial charge in [-0.15, -0.1) is 0 Å². The van der Waals surface area contributed by atoms with Gasteiger partial charge in [-0.1, -0.05) is 43.7 Å². The molecule has 4 N–H and O–H groups in total. The monoisotopic (exact) mass is 248 g/mol. The first kappa shape index (κ1) is 13.5. The highest BCUT2D eigenvalue weighted by atomic mass is 16.3. The second-order valence-electron chi connectivity index (χ2n) is 5.30. The van der Waals surface area contributed by atoms with Crippen LogP contribution in [0.5, 0.6) is 0 Å². The molecular weight excluding hydrogens is 224 g/mol. The van der Waals surface area contributed by atoms with E-state index in [4.69, 9.17) is 5.73 Å². The first-order chi connectivity index (χ1) is 8.70. The third-order valence-corrected chi connectivity index (χ3v) is 4.25. The van der Waals surface area contributed by atoms with Crippen molar-refractivity contribution in [3.63, 3.8) is 0 Å². The van der Waals surface area contributed by atoms with E-state index in [1.54, 1.807) is 0 Å². The quantitative estimate of drug-likeness (QED) is 0.759. The zero-order chi connectivity index (χ0) is 13.0. The van der Waals surface area contributed by atoms with Gasteiger partial charge < -0.3 is 16.2 Å². The Kier molecular flexibility index (Phi) is 4.38. The Morgan fingerprint density at radius 1 is 1.39 bits per heavy atom. The summed E-state index contributed by atoms with van der Waals surface area (Å²) in [7, 11) is 0. The van der Waals surface area contributed by atoms with Gasteiger partial charge in [0.15, 0.2) is 0 Å². The predicted octanol–water partition coefficient (Wildman–Crippen LogP) is 1.61. The van der Waals surface area contributed by atoms with Crippen molar-refractivity contribution in [3.05, 3.63) is 35.9 Å². The maximum Gasteiger partial charge on any atom is 0.117 e. The molecule has 1 aromatic carbocycles. The maximum absolute atomic E-state index is 10.9. The van der Waals surface area contributed by atoms with Crippen LogP contribution < -0.4 is 11.1 Å². The van der Waals surface area contributed by atoms with E-state index >= 15 is 0 Å². The van der Waals surface area contributed by atoms with E-state index in [1.165, 1.54) is 12.8 Å². The molecule has 0 spiro atoms. The van der Waals surface area contributed by atoms with Crippen molar-refractivity contribution < 1.29 is 5.11 Å². The smallest absolute Gasteiger partial charge is 0.117 e. The van der Waals surface area contributed by atoms with Crippen molar-refractivity contribution in [1.82, 2.24) is 5.32 Å². The Balaban J connectivity index is 2.21. The van der Waals surface area contributed by atoms with Gasteiger partial charge in [-0.25, -0.2) is 0 Å². The number of piperidine rings is 1. The third-order valence-electron chi connectivity index (χ3n) is 4.25. The molecule has 18 heavy (non-hydrogen) atoms. The van der Waals surface area contributed by atoms with Gasteiger partial charge in [0.1, 0.15) is 5.60 Å². The molecule has 0 aromatic heterocycles. The largest absolute Gasteiger partial charge is 0.382 e. The van der Waals surface area contributed by atoms with Crippen molar-refractivity contribution in [1.29, 1.82) is 0 Å². The molecule has 1 fully saturated rings. The number of nitrogens with one attached hydrogen (secondary N) is 1.